The highest BCUT2D eigenvalue weighted by Crippen LogP contribution is 2.30. The molecule has 2 saturated heterocycles. The number of hydrogen-bond acceptors (Lipinski definition) is 4. The van der Waals surface area contributed by atoms with E-state index in [1.807, 2.05) is 41.0 Å². The van der Waals surface area contributed by atoms with Crippen molar-refractivity contribution in [3.8, 4) is 0 Å². The minimum absolute atomic E-state index is 0.0162. The third-order valence-electron chi connectivity index (χ3n) is 6.36. The number of oxazole rings is 1. The zero-order chi connectivity index (χ0) is 21.3. The van der Waals surface area contributed by atoms with Crippen LogP contribution in [0.1, 0.15) is 89.4 Å². The Morgan fingerprint density at radius 1 is 0.967 bits per heavy atom. The zero-order valence-electron chi connectivity index (χ0n) is 18.2. The topological polar surface area (TPSA) is 66.7 Å². The van der Waals surface area contributed by atoms with Gasteiger partial charge in [0.15, 0.2) is 11.6 Å². The molecule has 6 nitrogen and oxygen atoms in total. The number of piperidine rings is 1. The van der Waals surface area contributed by atoms with Crippen LogP contribution in [-0.4, -0.2) is 52.8 Å². The van der Waals surface area contributed by atoms with Crippen LogP contribution in [0.25, 0.3) is 0 Å². The Morgan fingerprint density at radius 3 is 2.17 bits per heavy atom. The highest BCUT2D eigenvalue weighted by atomic mass is 16.4. The van der Waals surface area contributed by atoms with Crippen molar-refractivity contribution in [3.05, 3.63) is 52.7 Å². The van der Waals surface area contributed by atoms with Crippen LogP contribution in [-0.2, 0) is 0 Å². The predicted molar refractivity (Wildman–Crippen MR) is 115 cm³/mol. The first kappa shape index (κ1) is 20.6. The first-order valence-electron chi connectivity index (χ1n) is 11.1. The Hall–Kier alpha value is -2.63. The molecule has 0 saturated carbocycles. The van der Waals surface area contributed by atoms with Crippen LogP contribution >= 0.6 is 0 Å². The zero-order valence-corrected chi connectivity index (χ0v) is 18.2. The van der Waals surface area contributed by atoms with Gasteiger partial charge in [0.2, 0.25) is 0 Å². The number of carbonyl (C=O) groups excluding carboxylic acids is 2. The van der Waals surface area contributed by atoms with Crippen LogP contribution in [0.5, 0.6) is 0 Å². The Balaban J connectivity index is 1.38. The molecule has 160 valence electrons. The number of carbonyl (C=O) groups is 2. The molecule has 2 aliphatic rings. The molecule has 0 atom stereocenters. The maximum absolute atomic E-state index is 12.9. The fourth-order valence-corrected chi connectivity index (χ4v) is 4.38. The number of aromatic nitrogens is 1. The van der Waals surface area contributed by atoms with Gasteiger partial charge in [-0.1, -0.05) is 26.0 Å². The van der Waals surface area contributed by atoms with Gasteiger partial charge in [0.1, 0.15) is 5.76 Å². The van der Waals surface area contributed by atoms with E-state index in [0.29, 0.717) is 36.4 Å². The second kappa shape index (κ2) is 8.62. The van der Waals surface area contributed by atoms with Crippen molar-refractivity contribution in [2.45, 2.75) is 58.3 Å². The van der Waals surface area contributed by atoms with Crippen LogP contribution in [0.3, 0.4) is 0 Å². The average molecular weight is 410 g/mol. The lowest BCUT2D eigenvalue weighted by Crippen LogP contribution is -2.38. The maximum atomic E-state index is 12.9. The third kappa shape index (κ3) is 4.13. The van der Waals surface area contributed by atoms with Crippen molar-refractivity contribution < 1.29 is 14.0 Å². The predicted octanol–water partition coefficient (Wildman–Crippen LogP) is 4.36. The van der Waals surface area contributed by atoms with E-state index >= 15 is 0 Å². The first-order chi connectivity index (χ1) is 14.4. The molecule has 1 aromatic heterocycles. The van der Waals surface area contributed by atoms with Gasteiger partial charge in [-0.2, -0.15) is 0 Å². The fourth-order valence-electron chi connectivity index (χ4n) is 4.38. The quantitative estimate of drug-likeness (QED) is 0.752. The molecule has 0 bridgehead atoms. The molecule has 2 fully saturated rings. The van der Waals surface area contributed by atoms with Crippen molar-refractivity contribution in [3.63, 3.8) is 0 Å². The van der Waals surface area contributed by atoms with Crippen LogP contribution < -0.4 is 0 Å². The molecule has 0 unspecified atom stereocenters. The number of amides is 2. The molecule has 0 radical (unpaired) electrons. The monoisotopic (exact) mass is 409 g/mol. The lowest BCUT2D eigenvalue weighted by Gasteiger charge is -2.30. The van der Waals surface area contributed by atoms with Gasteiger partial charge < -0.3 is 14.2 Å². The second-order valence-corrected chi connectivity index (χ2v) is 8.80. The largest absolute Gasteiger partial charge is 0.445 e. The third-order valence-corrected chi connectivity index (χ3v) is 6.36. The van der Waals surface area contributed by atoms with Gasteiger partial charge in [-0.15, -0.1) is 0 Å². The van der Waals surface area contributed by atoms with Crippen LogP contribution in [0, 0.1) is 6.92 Å². The van der Waals surface area contributed by atoms with Gasteiger partial charge >= 0.3 is 0 Å². The van der Waals surface area contributed by atoms with E-state index in [1.165, 1.54) is 5.56 Å². The van der Waals surface area contributed by atoms with E-state index in [-0.39, 0.29) is 17.7 Å². The summed E-state index contributed by atoms with van der Waals surface area (Å²) in [6.45, 7) is 9.07. The molecule has 4 rings (SSSR count). The summed E-state index contributed by atoms with van der Waals surface area (Å²) in [7, 11) is 0. The summed E-state index contributed by atoms with van der Waals surface area (Å²) >= 11 is 0. The molecule has 3 heterocycles. The highest BCUT2D eigenvalue weighted by molar-refractivity contribution is 5.94. The molecule has 0 N–H and O–H groups in total. The number of benzene rings is 1. The highest BCUT2D eigenvalue weighted by Gasteiger charge is 2.30. The minimum atomic E-state index is -0.0162. The van der Waals surface area contributed by atoms with Crippen molar-refractivity contribution in [2.75, 3.05) is 26.2 Å². The van der Waals surface area contributed by atoms with Crippen molar-refractivity contribution >= 4 is 11.8 Å². The van der Waals surface area contributed by atoms with Gasteiger partial charge in [0.05, 0.1) is 0 Å². The SMILES string of the molecule is Cc1oc(C2CCN(C(=O)c3ccc(C(C)C)cc3)CC2)nc1C(=O)N1CCCC1. The minimum Gasteiger partial charge on any atom is -0.445 e. The maximum Gasteiger partial charge on any atom is 0.276 e. The number of hydrogen-bond donors (Lipinski definition) is 0. The van der Waals surface area contributed by atoms with Gasteiger partial charge in [-0.05, 0) is 56.2 Å². The molecule has 0 aliphatic carbocycles. The van der Waals surface area contributed by atoms with E-state index in [9.17, 15) is 9.59 Å². The number of likely N-dealkylation sites (tertiary alicyclic amines) is 2. The molecular formula is C24H31N3O3. The summed E-state index contributed by atoms with van der Waals surface area (Å²) in [6.07, 6.45) is 3.71. The van der Waals surface area contributed by atoms with Gasteiger partial charge in [0.25, 0.3) is 11.8 Å². The summed E-state index contributed by atoms with van der Waals surface area (Å²) < 4.78 is 5.89. The van der Waals surface area contributed by atoms with Crippen molar-refractivity contribution in [1.82, 2.24) is 14.8 Å². The molecule has 30 heavy (non-hydrogen) atoms. The summed E-state index contributed by atoms with van der Waals surface area (Å²) in [5.41, 5.74) is 2.43. The Kier molecular flexibility index (Phi) is 5.93. The summed E-state index contributed by atoms with van der Waals surface area (Å²) in [5.74, 6) is 1.91. The molecule has 0 spiro atoms. The van der Waals surface area contributed by atoms with E-state index in [1.54, 1.807) is 0 Å². The number of rotatable bonds is 4. The number of aryl methyl sites for hydroxylation is 1. The van der Waals surface area contributed by atoms with Crippen LogP contribution in [0.2, 0.25) is 0 Å². The molecule has 2 aliphatic heterocycles. The number of nitrogens with zero attached hydrogens (tertiary/aromatic N) is 3. The molecule has 6 heteroatoms. The molecule has 1 aromatic carbocycles. The summed E-state index contributed by atoms with van der Waals surface area (Å²) in [4.78, 5) is 33.9. The lowest BCUT2D eigenvalue weighted by molar-refractivity contribution is 0.0705. The summed E-state index contributed by atoms with van der Waals surface area (Å²) in [6, 6.07) is 7.94. The fraction of sp³-hybridized carbons (Fsp3) is 0.542. The molecule has 2 amide bonds. The molecule has 2 aromatic rings. The van der Waals surface area contributed by atoms with Crippen molar-refractivity contribution in [1.29, 1.82) is 0 Å². The second-order valence-electron chi connectivity index (χ2n) is 8.80. The summed E-state index contributed by atoms with van der Waals surface area (Å²) in [5, 5.41) is 0. The standard InChI is InChI=1S/C24H31N3O3/c1-16(2)18-6-8-20(9-7-18)23(28)27-14-10-19(11-15-27)22-25-21(17(3)30-22)24(29)26-12-4-5-13-26/h6-9,16,19H,4-5,10-15H2,1-3H3. The normalized spacial score (nSPS) is 17.7. The average Bonchev–Trinajstić information content (AvgIpc) is 3.43. The Labute approximate surface area is 178 Å². The first-order valence-corrected chi connectivity index (χ1v) is 11.1. The van der Waals surface area contributed by atoms with E-state index < -0.39 is 0 Å². The van der Waals surface area contributed by atoms with E-state index in [2.05, 4.69) is 18.8 Å². The van der Waals surface area contributed by atoms with E-state index in [4.69, 9.17) is 4.42 Å². The van der Waals surface area contributed by atoms with Crippen LogP contribution in [0.4, 0.5) is 0 Å². The smallest absolute Gasteiger partial charge is 0.276 e. The Morgan fingerprint density at radius 2 is 1.57 bits per heavy atom. The van der Waals surface area contributed by atoms with Gasteiger partial charge in [-0.25, -0.2) is 4.98 Å². The van der Waals surface area contributed by atoms with Gasteiger partial charge in [-0.3, -0.25) is 9.59 Å². The van der Waals surface area contributed by atoms with E-state index in [0.717, 1.165) is 44.3 Å². The van der Waals surface area contributed by atoms with Crippen LogP contribution in [0.15, 0.2) is 28.7 Å². The molecular weight excluding hydrogens is 378 g/mol. The van der Waals surface area contributed by atoms with Gasteiger partial charge in [0, 0.05) is 37.7 Å². The Bertz CT molecular complexity index is 902. The van der Waals surface area contributed by atoms with Crippen molar-refractivity contribution in [2.24, 2.45) is 0 Å². The lowest BCUT2D eigenvalue weighted by atomic mass is 9.96.